The monoisotopic (exact) mass is 404 g/mol. The molecule has 4 N–H and O–H groups in total. The van der Waals surface area contributed by atoms with E-state index in [2.05, 4.69) is 15.0 Å². The van der Waals surface area contributed by atoms with E-state index < -0.39 is 0 Å². The van der Waals surface area contributed by atoms with Crippen molar-refractivity contribution < 1.29 is 14.6 Å². The molecule has 8 heteroatoms. The van der Waals surface area contributed by atoms with Gasteiger partial charge in [-0.25, -0.2) is 4.98 Å². The predicted octanol–water partition coefficient (Wildman–Crippen LogP) is 3.70. The minimum atomic E-state index is -0.224. The molecule has 3 aromatic heterocycles. The first kappa shape index (κ1) is 19.7. The normalized spacial score (nSPS) is 12.2. The van der Waals surface area contributed by atoms with Gasteiger partial charge in [-0.3, -0.25) is 15.1 Å². The Morgan fingerprint density at radius 3 is 2.67 bits per heavy atom. The molecule has 3 heterocycles. The summed E-state index contributed by atoms with van der Waals surface area (Å²) in [6, 6.07) is 6.85. The van der Waals surface area contributed by atoms with E-state index in [-0.39, 0.29) is 17.5 Å². The van der Waals surface area contributed by atoms with Gasteiger partial charge in [-0.15, -0.1) is 0 Å². The fourth-order valence-corrected chi connectivity index (χ4v) is 3.21. The lowest BCUT2D eigenvalue weighted by Crippen LogP contribution is -2.26. The van der Waals surface area contributed by atoms with Gasteiger partial charge < -0.3 is 20.9 Å². The zero-order chi connectivity index (χ0) is 21.3. The molecule has 1 aromatic carbocycles. The topological polar surface area (TPSA) is 129 Å². The van der Waals surface area contributed by atoms with Crippen molar-refractivity contribution in [2.45, 2.75) is 19.4 Å². The lowest BCUT2D eigenvalue weighted by atomic mass is 10.0. The average molecular weight is 404 g/mol. The van der Waals surface area contributed by atoms with Gasteiger partial charge in [0, 0.05) is 40.8 Å². The van der Waals surface area contributed by atoms with Crippen LogP contribution < -0.4 is 20.9 Å². The standard InChI is InChI=1S/C22H22N5O3/c1-3-13(23)11-30-14-4-12(8-25-9-14)18-5-15-16-6-21(29-2)20(28)7-19(16)26-10-17(15)22(24)27-18/h4-10,13H,3,11,23H2,1-2H3,(H2,24,27)/t13-/m1/s1. The molecule has 0 saturated heterocycles. The third kappa shape index (κ3) is 3.65. The smallest absolute Gasteiger partial charge is 0.222 e. The number of ether oxygens (including phenoxy) is 2. The van der Waals surface area contributed by atoms with Crippen LogP contribution in [0.4, 0.5) is 5.82 Å². The molecule has 0 amide bonds. The number of anilines is 1. The second-order valence-corrected chi connectivity index (χ2v) is 7.02. The van der Waals surface area contributed by atoms with E-state index in [4.69, 9.17) is 20.9 Å². The summed E-state index contributed by atoms with van der Waals surface area (Å²) in [4.78, 5) is 13.1. The number of benzene rings is 1. The highest BCUT2D eigenvalue weighted by molar-refractivity contribution is 6.10. The number of rotatable bonds is 6. The SMILES string of the molecule is CC[C@@H](N)COc1cncc(-c2cc3c(cnc4cc([O])c(OC)cc43)c(N)n2)c1. The number of pyridine rings is 3. The highest BCUT2D eigenvalue weighted by Gasteiger charge is 2.14. The first-order chi connectivity index (χ1) is 14.5. The molecule has 1 atom stereocenters. The molecule has 153 valence electrons. The Hall–Kier alpha value is -3.65. The Kier molecular flexibility index (Phi) is 5.24. The fourth-order valence-electron chi connectivity index (χ4n) is 3.21. The van der Waals surface area contributed by atoms with Crippen LogP contribution in [0, 0.1) is 0 Å². The summed E-state index contributed by atoms with van der Waals surface area (Å²) in [7, 11) is 1.46. The Bertz CT molecular complexity index is 1230. The maximum absolute atomic E-state index is 12.1. The van der Waals surface area contributed by atoms with Crippen LogP contribution in [0.25, 0.3) is 32.9 Å². The van der Waals surface area contributed by atoms with E-state index in [1.165, 1.54) is 13.2 Å². The largest absolute Gasteiger partial charge is 0.493 e. The Balaban J connectivity index is 1.83. The third-order valence-corrected chi connectivity index (χ3v) is 4.99. The van der Waals surface area contributed by atoms with Crippen molar-refractivity contribution in [3.63, 3.8) is 0 Å². The van der Waals surface area contributed by atoms with Gasteiger partial charge in [0.05, 0.1) is 24.5 Å². The summed E-state index contributed by atoms with van der Waals surface area (Å²) < 4.78 is 10.9. The molecule has 4 aromatic rings. The molecular weight excluding hydrogens is 382 g/mol. The lowest BCUT2D eigenvalue weighted by Gasteiger charge is -2.12. The Labute approximate surface area is 173 Å². The van der Waals surface area contributed by atoms with Gasteiger partial charge in [0.15, 0.2) is 5.75 Å². The number of nitrogens with zero attached hydrogens (tertiary/aromatic N) is 3. The van der Waals surface area contributed by atoms with Gasteiger partial charge in [0.2, 0.25) is 5.75 Å². The molecule has 0 aliphatic carbocycles. The molecule has 30 heavy (non-hydrogen) atoms. The van der Waals surface area contributed by atoms with Gasteiger partial charge >= 0.3 is 0 Å². The fraction of sp³-hybridized carbons (Fsp3) is 0.227. The van der Waals surface area contributed by atoms with Gasteiger partial charge in [0.1, 0.15) is 18.2 Å². The number of aromatic nitrogens is 3. The molecule has 0 aliphatic heterocycles. The van der Waals surface area contributed by atoms with Crippen molar-refractivity contribution in [1.29, 1.82) is 0 Å². The summed E-state index contributed by atoms with van der Waals surface area (Å²) in [6.45, 7) is 2.41. The molecule has 0 aliphatic rings. The minimum Gasteiger partial charge on any atom is -0.493 e. The number of nitrogens with two attached hydrogens (primary N) is 2. The molecule has 4 rings (SSSR count). The summed E-state index contributed by atoms with van der Waals surface area (Å²) in [5, 5.41) is 14.4. The van der Waals surface area contributed by atoms with Crippen LogP contribution in [-0.4, -0.2) is 34.7 Å². The van der Waals surface area contributed by atoms with Crippen LogP contribution in [0.5, 0.6) is 17.2 Å². The van der Waals surface area contributed by atoms with Crippen molar-refractivity contribution in [1.82, 2.24) is 15.0 Å². The van der Waals surface area contributed by atoms with Crippen LogP contribution in [0.1, 0.15) is 13.3 Å². The quantitative estimate of drug-likeness (QED) is 0.469. The van der Waals surface area contributed by atoms with Crippen LogP contribution in [0.15, 0.2) is 42.9 Å². The number of hydrogen-bond donors (Lipinski definition) is 2. The summed E-state index contributed by atoms with van der Waals surface area (Å²) >= 11 is 0. The van der Waals surface area contributed by atoms with E-state index in [0.29, 0.717) is 34.8 Å². The van der Waals surface area contributed by atoms with Crippen LogP contribution >= 0.6 is 0 Å². The van der Waals surface area contributed by atoms with E-state index >= 15 is 0 Å². The summed E-state index contributed by atoms with van der Waals surface area (Å²) in [6.07, 6.45) is 5.78. The maximum atomic E-state index is 12.1. The van der Waals surface area contributed by atoms with Crippen molar-refractivity contribution >= 4 is 27.5 Å². The van der Waals surface area contributed by atoms with Crippen LogP contribution in [0.2, 0.25) is 0 Å². The summed E-state index contributed by atoms with van der Waals surface area (Å²) in [5.41, 5.74) is 14.1. The van der Waals surface area contributed by atoms with E-state index in [9.17, 15) is 5.11 Å². The average Bonchev–Trinajstić information content (AvgIpc) is 2.76. The van der Waals surface area contributed by atoms with Gasteiger partial charge in [-0.2, -0.15) is 0 Å². The van der Waals surface area contributed by atoms with Crippen molar-refractivity contribution in [3.8, 4) is 28.5 Å². The molecule has 0 spiro atoms. The van der Waals surface area contributed by atoms with Gasteiger partial charge in [-0.05, 0) is 30.0 Å². The first-order valence-corrected chi connectivity index (χ1v) is 9.58. The van der Waals surface area contributed by atoms with E-state index in [1.807, 2.05) is 19.1 Å². The Morgan fingerprint density at radius 1 is 1.07 bits per heavy atom. The zero-order valence-corrected chi connectivity index (χ0v) is 16.8. The zero-order valence-electron chi connectivity index (χ0n) is 16.8. The maximum Gasteiger partial charge on any atom is 0.222 e. The molecule has 1 radical (unpaired) electrons. The molecule has 0 fully saturated rings. The molecular formula is C22H22N5O3. The number of methoxy groups -OCH3 is 1. The summed E-state index contributed by atoms with van der Waals surface area (Å²) in [5.74, 6) is 0.965. The van der Waals surface area contributed by atoms with Gasteiger partial charge in [0.25, 0.3) is 0 Å². The predicted molar refractivity (Wildman–Crippen MR) is 115 cm³/mol. The number of hydrogen-bond acceptors (Lipinski definition) is 7. The highest BCUT2D eigenvalue weighted by Crippen LogP contribution is 2.36. The molecule has 0 bridgehead atoms. The van der Waals surface area contributed by atoms with E-state index in [1.54, 1.807) is 24.7 Å². The third-order valence-electron chi connectivity index (χ3n) is 4.99. The Morgan fingerprint density at radius 2 is 1.90 bits per heavy atom. The molecule has 8 nitrogen and oxygen atoms in total. The van der Waals surface area contributed by atoms with Crippen molar-refractivity contribution in [2.75, 3.05) is 19.5 Å². The first-order valence-electron chi connectivity index (χ1n) is 9.58. The second kappa shape index (κ2) is 8.00. The molecule has 0 saturated carbocycles. The minimum absolute atomic E-state index is 0.0390. The van der Waals surface area contributed by atoms with Gasteiger partial charge in [-0.1, -0.05) is 6.92 Å². The number of nitrogen functional groups attached to an aromatic ring is 1. The highest BCUT2D eigenvalue weighted by atomic mass is 16.5. The molecule has 0 unspecified atom stereocenters. The van der Waals surface area contributed by atoms with Crippen LogP contribution in [-0.2, 0) is 5.11 Å². The van der Waals surface area contributed by atoms with Crippen LogP contribution in [0.3, 0.4) is 0 Å². The second-order valence-electron chi connectivity index (χ2n) is 7.02. The van der Waals surface area contributed by atoms with Crippen molar-refractivity contribution in [2.24, 2.45) is 5.73 Å². The number of fused-ring (bicyclic) bond motifs is 3. The van der Waals surface area contributed by atoms with E-state index in [0.717, 1.165) is 22.8 Å². The van der Waals surface area contributed by atoms with Crippen molar-refractivity contribution in [3.05, 3.63) is 42.9 Å². The lowest BCUT2D eigenvalue weighted by molar-refractivity contribution is 0.284.